The summed E-state index contributed by atoms with van der Waals surface area (Å²) in [6.45, 7) is 3.98. The van der Waals surface area contributed by atoms with Gasteiger partial charge in [0.25, 0.3) is 11.5 Å². The summed E-state index contributed by atoms with van der Waals surface area (Å²) in [5, 5.41) is 3.30. The molecule has 0 unspecified atom stereocenters. The second kappa shape index (κ2) is 8.69. The van der Waals surface area contributed by atoms with Gasteiger partial charge in [0.05, 0.1) is 29.3 Å². The first-order chi connectivity index (χ1) is 15.0. The van der Waals surface area contributed by atoms with Crippen LogP contribution in [0.25, 0.3) is 15.9 Å². The molecule has 0 spiro atoms. The Morgan fingerprint density at radius 3 is 2.71 bits per heavy atom. The summed E-state index contributed by atoms with van der Waals surface area (Å²) in [6.07, 6.45) is 1.66. The molecule has 0 aliphatic heterocycles. The van der Waals surface area contributed by atoms with E-state index in [-0.39, 0.29) is 24.5 Å². The molecule has 0 saturated heterocycles. The molecule has 0 bridgehead atoms. The van der Waals surface area contributed by atoms with Crippen LogP contribution >= 0.6 is 11.3 Å². The van der Waals surface area contributed by atoms with Gasteiger partial charge < -0.3 is 10.1 Å². The summed E-state index contributed by atoms with van der Waals surface area (Å²) in [7, 11) is 0. The Hall–Kier alpha value is -3.52. The van der Waals surface area contributed by atoms with Crippen molar-refractivity contribution in [3.63, 3.8) is 0 Å². The highest BCUT2D eigenvalue weighted by Crippen LogP contribution is 2.24. The normalized spacial score (nSPS) is 12.1. The number of pyridine rings is 1. The zero-order chi connectivity index (χ0) is 22.0. The Kier molecular flexibility index (Phi) is 5.81. The van der Waals surface area contributed by atoms with Gasteiger partial charge in [-0.3, -0.25) is 18.8 Å². The van der Waals surface area contributed by atoms with E-state index in [2.05, 4.69) is 10.3 Å². The molecular formula is C23H21N3O4S. The van der Waals surface area contributed by atoms with E-state index in [4.69, 9.17) is 4.74 Å². The van der Waals surface area contributed by atoms with E-state index in [1.165, 1.54) is 4.40 Å². The summed E-state index contributed by atoms with van der Waals surface area (Å²) in [6, 6.07) is 13.9. The maximum atomic E-state index is 13.0. The van der Waals surface area contributed by atoms with Gasteiger partial charge in [0.15, 0.2) is 0 Å². The van der Waals surface area contributed by atoms with Crippen molar-refractivity contribution in [1.29, 1.82) is 0 Å². The van der Waals surface area contributed by atoms with Crippen LogP contribution in [0.3, 0.4) is 0 Å². The van der Waals surface area contributed by atoms with Crippen LogP contribution in [0.2, 0.25) is 0 Å². The number of fused-ring (bicyclic) bond motifs is 2. The molecule has 0 fully saturated rings. The van der Waals surface area contributed by atoms with E-state index < -0.39 is 12.0 Å². The molecule has 0 saturated carbocycles. The van der Waals surface area contributed by atoms with Crippen LogP contribution in [0.1, 0.15) is 40.2 Å². The summed E-state index contributed by atoms with van der Waals surface area (Å²) >= 11 is 1.15. The number of aryl methyl sites for hydroxylation is 1. The summed E-state index contributed by atoms with van der Waals surface area (Å²) in [4.78, 5) is 43.2. The summed E-state index contributed by atoms with van der Waals surface area (Å²) < 4.78 is 6.52. The van der Waals surface area contributed by atoms with Crippen molar-refractivity contribution in [3.8, 4) is 0 Å². The number of aromatic nitrogens is 2. The molecule has 0 radical (unpaired) electrons. The number of benzene rings is 1. The number of amides is 1. The average Bonchev–Trinajstić information content (AvgIpc) is 3.19. The van der Waals surface area contributed by atoms with Gasteiger partial charge in [-0.1, -0.05) is 35.9 Å². The molecule has 31 heavy (non-hydrogen) atoms. The quantitative estimate of drug-likeness (QED) is 0.467. The van der Waals surface area contributed by atoms with Crippen LogP contribution in [0.4, 0.5) is 0 Å². The predicted octanol–water partition coefficient (Wildman–Crippen LogP) is 3.64. The van der Waals surface area contributed by atoms with E-state index in [1.807, 2.05) is 31.2 Å². The minimum absolute atomic E-state index is 0.0122. The Labute approximate surface area is 182 Å². The molecule has 8 heteroatoms. The van der Waals surface area contributed by atoms with Crippen LogP contribution in [0, 0.1) is 6.92 Å². The number of carbonyl (C=O) groups excluding carboxylic acids is 2. The molecular weight excluding hydrogens is 414 g/mol. The fourth-order valence-electron chi connectivity index (χ4n) is 3.33. The second-order valence-electron chi connectivity index (χ2n) is 7.12. The van der Waals surface area contributed by atoms with Gasteiger partial charge in [0, 0.05) is 6.20 Å². The fraction of sp³-hybridized carbons (Fsp3) is 0.217. The van der Waals surface area contributed by atoms with E-state index in [0.29, 0.717) is 20.7 Å². The minimum Gasteiger partial charge on any atom is -0.466 e. The number of ether oxygens (including phenoxy) is 1. The van der Waals surface area contributed by atoms with Crippen molar-refractivity contribution in [1.82, 2.24) is 14.7 Å². The van der Waals surface area contributed by atoms with Crippen LogP contribution in [0.15, 0.2) is 59.5 Å². The maximum absolute atomic E-state index is 13.0. The molecule has 3 heterocycles. The Bertz CT molecular complexity index is 1320. The third-order valence-electron chi connectivity index (χ3n) is 4.90. The van der Waals surface area contributed by atoms with Crippen molar-refractivity contribution in [3.05, 3.63) is 81.1 Å². The lowest BCUT2D eigenvalue weighted by atomic mass is 10.0. The first-order valence-electron chi connectivity index (χ1n) is 9.90. The third kappa shape index (κ3) is 4.34. The van der Waals surface area contributed by atoms with Crippen molar-refractivity contribution >= 4 is 39.1 Å². The van der Waals surface area contributed by atoms with Crippen LogP contribution in [-0.4, -0.2) is 27.9 Å². The fourth-order valence-corrected chi connectivity index (χ4v) is 4.26. The number of rotatable bonds is 6. The Balaban J connectivity index is 1.66. The summed E-state index contributed by atoms with van der Waals surface area (Å²) in [5.74, 6) is -0.762. The van der Waals surface area contributed by atoms with Gasteiger partial charge in [-0.2, -0.15) is 0 Å². The van der Waals surface area contributed by atoms with Gasteiger partial charge >= 0.3 is 5.97 Å². The zero-order valence-electron chi connectivity index (χ0n) is 17.1. The van der Waals surface area contributed by atoms with Gasteiger partial charge in [-0.25, -0.2) is 4.98 Å². The lowest BCUT2D eigenvalue weighted by Gasteiger charge is -2.18. The van der Waals surface area contributed by atoms with Crippen LogP contribution in [0.5, 0.6) is 0 Å². The molecule has 0 aliphatic rings. The monoisotopic (exact) mass is 435 g/mol. The number of nitrogens with zero attached hydrogens (tertiary/aromatic N) is 2. The third-order valence-corrected chi connectivity index (χ3v) is 5.93. The Morgan fingerprint density at radius 2 is 1.97 bits per heavy atom. The van der Waals surface area contributed by atoms with Crippen molar-refractivity contribution in [2.45, 2.75) is 26.3 Å². The highest BCUT2D eigenvalue weighted by atomic mass is 32.1. The molecule has 1 atom stereocenters. The first kappa shape index (κ1) is 20.7. The SMILES string of the molecule is CCOC(=O)C[C@@H](NC(=O)c1cc2c(=O)n3ccccc3nc2s1)c1ccc(C)cc1. The topological polar surface area (TPSA) is 89.8 Å². The lowest BCUT2D eigenvalue weighted by molar-refractivity contribution is -0.143. The van der Waals surface area contributed by atoms with Crippen molar-refractivity contribution in [2.75, 3.05) is 6.61 Å². The largest absolute Gasteiger partial charge is 0.466 e. The minimum atomic E-state index is -0.550. The Morgan fingerprint density at radius 1 is 1.19 bits per heavy atom. The van der Waals surface area contributed by atoms with Crippen LogP contribution < -0.4 is 10.9 Å². The van der Waals surface area contributed by atoms with Gasteiger partial charge in [0.2, 0.25) is 0 Å². The molecule has 1 N–H and O–H groups in total. The standard InChI is InChI=1S/C23H21N3O4S/c1-3-30-20(27)13-17(15-9-7-14(2)8-10-15)24-21(28)18-12-16-22(31-18)25-19-6-4-5-11-26(19)23(16)29/h4-12,17H,3,13H2,1-2H3,(H,24,28)/t17-/m1/s1. The molecule has 3 aromatic heterocycles. The van der Waals surface area contributed by atoms with Crippen molar-refractivity contribution < 1.29 is 14.3 Å². The highest BCUT2D eigenvalue weighted by molar-refractivity contribution is 7.20. The first-order valence-corrected chi connectivity index (χ1v) is 10.7. The van der Waals surface area contributed by atoms with Gasteiger partial charge in [-0.05, 0) is 37.6 Å². The van der Waals surface area contributed by atoms with Gasteiger partial charge in [-0.15, -0.1) is 11.3 Å². The van der Waals surface area contributed by atoms with E-state index >= 15 is 0 Å². The molecule has 158 valence electrons. The molecule has 7 nitrogen and oxygen atoms in total. The van der Waals surface area contributed by atoms with E-state index in [9.17, 15) is 14.4 Å². The average molecular weight is 436 g/mol. The van der Waals surface area contributed by atoms with E-state index in [1.54, 1.807) is 37.4 Å². The maximum Gasteiger partial charge on any atom is 0.308 e. The lowest BCUT2D eigenvalue weighted by Crippen LogP contribution is -2.30. The second-order valence-corrected chi connectivity index (χ2v) is 8.15. The molecule has 1 amide bonds. The highest BCUT2D eigenvalue weighted by Gasteiger charge is 2.22. The molecule has 0 aliphatic carbocycles. The van der Waals surface area contributed by atoms with Gasteiger partial charge in [0.1, 0.15) is 10.5 Å². The number of hydrogen-bond donors (Lipinski definition) is 1. The number of esters is 1. The number of thiophene rings is 1. The molecule has 4 aromatic rings. The smallest absolute Gasteiger partial charge is 0.308 e. The summed E-state index contributed by atoms with van der Waals surface area (Å²) in [5.41, 5.74) is 2.18. The number of nitrogens with one attached hydrogen (secondary N) is 1. The van der Waals surface area contributed by atoms with Crippen molar-refractivity contribution in [2.24, 2.45) is 0 Å². The zero-order valence-corrected chi connectivity index (χ0v) is 17.9. The number of hydrogen-bond acceptors (Lipinski definition) is 6. The van der Waals surface area contributed by atoms with Crippen LogP contribution in [-0.2, 0) is 9.53 Å². The predicted molar refractivity (Wildman–Crippen MR) is 119 cm³/mol. The molecule has 4 rings (SSSR count). The number of carbonyl (C=O) groups is 2. The van der Waals surface area contributed by atoms with E-state index in [0.717, 1.165) is 22.5 Å². The molecule has 1 aromatic carbocycles.